The molecule has 0 aliphatic rings. The maximum Gasteiger partial charge on any atom is 0.133 e. The lowest BCUT2D eigenvalue weighted by atomic mass is 10.0. The second kappa shape index (κ2) is 3.91. The largest absolute Gasteiger partial charge is 0.506 e. The van der Waals surface area contributed by atoms with Crippen molar-refractivity contribution < 1.29 is 5.11 Å². The number of aryl methyl sites for hydroxylation is 1. The van der Waals surface area contributed by atoms with E-state index in [9.17, 15) is 5.11 Å². The molecule has 74 valence electrons. The normalized spacial score (nSPS) is 11.0. The number of fused-ring (bicyclic) bond motifs is 1. The molecule has 0 fully saturated rings. The lowest BCUT2D eigenvalue weighted by molar-refractivity contribution is 0.482. The maximum absolute atomic E-state index is 9.70. The lowest BCUT2D eigenvalue weighted by Crippen LogP contribution is -1.83. The Balaban J connectivity index is 2.82. The topological polar surface area (TPSA) is 20.2 Å². The van der Waals surface area contributed by atoms with E-state index in [4.69, 9.17) is 0 Å². The summed E-state index contributed by atoms with van der Waals surface area (Å²) in [5.41, 5.74) is 2.59. The van der Waals surface area contributed by atoms with E-state index < -0.39 is 0 Å². The van der Waals surface area contributed by atoms with Gasteiger partial charge >= 0.3 is 0 Å². The molecule has 0 amide bonds. The first-order valence-electron chi connectivity index (χ1n) is 4.54. The summed E-state index contributed by atoms with van der Waals surface area (Å²) in [5, 5.41) is 13.9. The van der Waals surface area contributed by atoms with Crippen LogP contribution in [0.5, 0.6) is 5.75 Å². The van der Waals surface area contributed by atoms with Crippen LogP contribution in [-0.4, -0.2) is 5.11 Å². The fourth-order valence-corrected chi connectivity index (χ4v) is 3.35. The molecule has 1 aromatic carbocycles. The van der Waals surface area contributed by atoms with Crippen molar-refractivity contribution in [2.45, 2.75) is 18.7 Å². The Morgan fingerprint density at radius 1 is 1.36 bits per heavy atom. The molecule has 2 aromatic rings. The van der Waals surface area contributed by atoms with Gasteiger partial charge in [-0.1, -0.05) is 28.9 Å². The summed E-state index contributed by atoms with van der Waals surface area (Å²) in [4.78, 5) is 0. The molecule has 1 aromatic heterocycles. The second-order valence-electron chi connectivity index (χ2n) is 3.20. The Labute approximate surface area is 95.5 Å². The van der Waals surface area contributed by atoms with E-state index in [1.807, 2.05) is 6.07 Å². The molecule has 2 rings (SSSR count). The monoisotopic (exact) mass is 270 g/mol. The van der Waals surface area contributed by atoms with E-state index in [1.54, 1.807) is 17.4 Å². The number of hydrogen-bond acceptors (Lipinski definition) is 2. The molecule has 0 aliphatic carbocycles. The summed E-state index contributed by atoms with van der Waals surface area (Å²) in [5.74, 6) is 0.398. The summed E-state index contributed by atoms with van der Waals surface area (Å²) < 4.78 is 1.01. The summed E-state index contributed by atoms with van der Waals surface area (Å²) >= 11 is 5.09. The molecule has 1 heterocycles. The molecule has 1 N–H and O–H groups in total. The number of aromatic hydroxyl groups is 1. The minimum atomic E-state index is 0.398. The van der Waals surface area contributed by atoms with Gasteiger partial charge in [0.1, 0.15) is 5.75 Å². The molecule has 0 unspecified atom stereocenters. The highest BCUT2D eigenvalue weighted by Gasteiger charge is 2.10. The Morgan fingerprint density at radius 2 is 2.14 bits per heavy atom. The third kappa shape index (κ3) is 1.44. The molecule has 1 nitrogen and oxygen atoms in total. The van der Waals surface area contributed by atoms with Crippen LogP contribution < -0.4 is 0 Å². The van der Waals surface area contributed by atoms with Gasteiger partial charge in [0.15, 0.2) is 0 Å². The molecule has 0 saturated carbocycles. The van der Waals surface area contributed by atoms with Gasteiger partial charge in [-0.05, 0) is 29.0 Å². The Hall–Kier alpha value is -0.540. The quantitative estimate of drug-likeness (QED) is 0.816. The first kappa shape index (κ1) is 9.99. The summed E-state index contributed by atoms with van der Waals surface area (Å²) in [6, 6.07) is 3.80. The fraction of sp³-hybridized carbons (Fsp3) is 0.273. The van der Waals surface area contributed by atoms with E-state index in [0.29, 0.717) is 5.75 Å². The highest BCUT2D eigenvalue weighted by atomic mass is 79.9. The van der Waals surface area contributed by atoms with E-state index in [2.05, 4.69) is 28.2 Å². The second-order valence-corrected chi connectivity index (χ2v) is 4.64. The van der Waals surface area contributed by atoms with Gasteiger partial charge in [-0.25, -0.2) is 0 Å². The highest BCUT2D eigenvalue weighted by Crippen LogP contribution is 2.36. The number of benzene rings is 1. The van der Waals surface area contributed by atoms with Crippen LogP contribution in [0.2, 0.25) is 0 Å². The van der Waals surface area contributed by atoms with Crippen LogP contribution in [0.3, 0.4) is 0 Å². The number of phenolic OH excluding ortho intramolecular Hbond substituents is 1. The number of halogens is 1. The van der Waals surface area contributed by atoms with Crippen LogP contribution in [0.15, 0.2) is 17.5 Å². The van der Waals surface area contributed by atoms with Gasteiger partial charge in [-0.3, -0.25) is 0 Å². The number of hydrogen-bond donors (Lipinski definition) is 1. The minimum absolute atomic E-state index is 0.398. The number of rotatable bonds is 2. The van der Waals surface area contributed by atoms with E-state index in [0.717, 1.165) is 16.5 Å². The molecule has 0 saturated heterocycles. The molecular formula is C11H11BrOS. The van der Waals surface area contributed by atoms with Gasteiger partial charge in [0.05, 0.1) is 4.70 Å². The fourth-order valence-electron chi connectivity index (χ4n) is 1.67. The van der Waals surface area contributed by atoms with Crippen LogP contribution >= 0.6 is 27.3 Å². The van der Waals surface area contributed by atoms with E-state index in [-0.39, 0.29) is 0 Å². The molecule has 0 spiro atoms. The van der Waals surface area contributed by atoms with Gasteiger partial charge in [0.25, 0.3) is 0 Å². The van der Waals surface area contributed by atoms with Crippen LogP contribution in [0.25, 0.3) is 10.1 Å². The summed E-state index contributed by atoms with van der Waals surface area (Å²) in [6.45, 7) is 2.14. The van der Waals surface area contributed by atoms with Crippen LogP contribution in [0, 0.1) is 0 Å². The van der Waals surface area contributed by atoms with Gasteiger partial charge in [0.2, 0.25) is 0 Å². The van der Waals surface area contributed by atoms with Crippen molar-refractivity contribution in [1.82, 2.24) is 0 Å². The average Bonchev–Trinajstić information content (AvgIpc) is 2.63. The van der Waals surface area contributed by atoms with E-state index >= 15 is 0 Å². The SMILES string of the molecule is CCc1ccc(O)c2scc(CBr)c12. The third-order valence-electron chi connectivity index (χ3n) is 2.39. The predicted octanol–water partition coefficient (Wildman–Crippen LogP) is 4.06. The molecule has 0 atom stereocenters. The Bertz CT molecular complexity index is 462. The lowest BCUT2D eigenvalue weighted by Gasteiger charge is -2.03. The number of alkyl halides is 1. The van der Waals surface area contributed by atoms with Crippen LogP contribution in [0.4, 0.5) is 0 Å². The summed E-state index contributed by atoms with van der Waals surface area (Å²) in [7, 11) is 0. The zero-order valence-corrected chi connectivity index (χ0v) is 10.3. The van der Waals surface area contributed by atoms with Gasteiger partial charge in [-0.2, -0.15) is 0 Å². The van der Waals surface area contributed by atoms with E-state index in [1.165, 1.54) is 16.5 Å². The number of phenols is 1. The number of thiophene rings is 1. The summed E-state index contributed by atoms with van der Waals surface area (Å²) in [6.07, 6.45) is 1.01. The standard InChI is InChI=1S/C11H11BrOS/c1-2-7-3-4-9(13)11-10(7)8(5-12)6-14-11/h3-4,6,13H,2,5H2,1H3. The van der Waals surface area contributed by atoms with Crippen molar-refractivity contribution in [2.75, 3.05) is 0 Å². The van der Waals surface area contributed by atoms with Gasteiger partial charge in [0, 0.05) is 10.7 Å². The Morgan fingerprint density at radius 3 is 2.79 bits per heavy atom. The first-order chi connectivity index (χ1) is 6.77. The van der Waals surface area contributed by atoms with Crippen LogP contribution in [0.1, 0.15) is 18.1 Å². The molecule has 0 radical (unpaired) electrons. The first-order valence-corrected chi connectivity index (χ1v) is 6.55. The van der Waals surface area contributed by atoms with Crippen molar-refractivity contribution in [2.24, 2.45) is 0 Å². The minimum Gasteiger partial charge on any atom is -0.506 e. The third-order valence-corrected chi connectivity index (χ3v) is 4.04. The van der Waals surface area contributed by atoms with Crippen molar-refractivity contribution in [3.8, 4) is 5.75 Å². The van der Waals surface area contributed by atoms with Crippen molar-refractivity contribution in [3.63, 3.8) is 0 Å². The van der Waals surface area contributed by atoms with Crippen molar-refractivity contribution in [3.05, 3.63) is 28.6 Å². The smallest absolute Gasteiger partial charge is 0.133 e. The zero-order valence-electron chi connectivity index (χ0n) is 7.88. The predicted molar refractivity (Wildman–Crippen MR) is 65.5 cm³/mol. The molecule has 14 heavy (non-hydrogen) atoms. The molecule has 3 heteroatoms. The average molecular weight is 271 g/mol. The maximum atomic E-state index is 9.70. The van der Waals surface area contributed by atoms with Crippen molar-refractivity contribution in [1.29, 1.82) is 0 Å². The van der Waals surface area contributed by atoms with Crippen molar-refractivity contribution >= 4 is 37.4 Å². The van der Waals surface area contributed by atoms with Gasteiger partial charge < -0.3 is 5.11 Å². The molecule has 0 aliphatic heterocycles. The highest BCUT2D eigenvalue weighted by molar-refractivity contribution is 9.08. The van der Waals surface area contributed by atoms with Gasteiger partial charge in [-0.15, -0.1) is 11.3 Å². The molecular weight excluding hydrogens is 260 g/mol. The molecule has 0 bridgehead atoms. The zero-order chi connectivity index (χ0) is 10.1. The Kier molecular flexibility index (Phi) is 2.79. The van der Waals surface area contributed by atoms with Crippen LogP contribution in [-0.2, 0) is 11.8 Å².